The van der Waals surface area contributed by atoms with Gasteiger partial charge < -0.3 is 5.73 Å². The summed E-state index contributed by atoms with van der Waals surface area (Å²) in [5.41, 5.74) is 8.02. The van der Waals surface area contributed by atoms with Crippen molar-refractivity contribution in [3.63, 3.8) is 0 Å². The molecule has 3 nitrogen and oxygen atoms in total. The Bertz CT molecular complexity index is 212. The van der Waals surface area contributed by atoms with Crippen LogP contribution in [0.4, 0.5) is 0 Å². The van der Waals surface area contributed by atoms with Crippen LogP contribution in [0.15, 0.2) is 15.9 Å². The van der Waals surface area contributed by atoms with E-state index in [1.807, 2.05) is 12.1 Å². The Morgan fingerprint density at radius 2 is 2.30 bits per heavy atom. The number of rotatable bonds is 2. The fraction of sp³-hybridized carbons (Fsp3) is 0.200. The van der Waals surface area contributed by atoms with Gasteiger partial charge in [0.15, 0.2) is 0 Å². The largest absolute Gasteiger partial charge is 0.310 e. The van der Waals surface area contributed by atoms with Crippen LogP contribution in [-0.2, 0) is 0 Å². The average Bonchev–Trinajstić information content (AvgIpc) is 2.34. The van der Waals surface area contributed by atoms with Gasteiger partial charge in [0.1, 0.15) is 6.17 Å². The zero-order chi connectivity index (χ0) is 7.56. The first kappa shape index (κ1) is 8.16. The Morgan fingerprint density at radius 3 is 2.70 bits per heavy atom. The maximum absolute atomic E-state index is 5.56. The van der Waals surface area contributed by atoms with Crippen LogP contribution in [-0.4, -0.2) is 0 Å². The summed E-state index contributed by atoms with van der Waals surface area (Å²) in [5, 5.41) is 0. The van der Waals surface area contributed by atoms with Crippen LogP contribution >= 0.6 is 27.3 Å². The molecule has 0 aliphatic heterocycles. The van der Waals surface area contributed by atoms with E-state index in [9.17, 15) is 0 Å². The second kappa shape index (κ2) is 3.45. The molecule has 56 valence electrons. The van der Waals surface area contributed by atoms with Crippen molar-refractivity contribution >= 4 is 27.3 Å². The number of hydrogen-bond acceptors (Lipinski definition) is 4. The van der Waals surface area contributed by atoms with Gasteiger partial charge in [-0.1, -0.05) is 0 Å². The maximum Gasteiger partial charge on any atom is 0.103 e. The molecule has 5 heteroatoms. The molecule has 1 rings (SSSR count). The van der Waals surface area contributed by atoms with Crippen LogP contribution in [0.1, 0.15) is 11.0 Å². The maximum atomic E-state index is 5.56. The minimum absolute atomic E-state index is 0.253. The van der Waals surface area contributed by atoms with Gasteiger partial charge in [-0.3, -0.25) is 5.84 Å². The molecule has 0 saturated heterocycles. The lowest BCUT2D eigenvalue weighted by Crippen LogP contribution is -2.33. The molecule has 0 saturated carbocycles. The molecule has 1 aromatic heterocycles. The minimum atomic E-state index is -0.253. The van der Waals surface area contributed by atoms with E-state index in [1.54, 1.807) is 11.3 Å². The standard InChI is InChI=1S/C5H8BrN3S/c6-4-2-1-3(10-4)5(7)9-8/h1-2,5,9H,7-8H2. The molecule has 1 heterocycles. The molecule has 0 aliphatic rings. The molecule has 10 heavy (non-hydrogen) atoms. The van der Waals surface area contributed by atoms with Gasteiger partial charge in [0, 0.05) is 4.88 Å². The molecule has 1 aromatic rings. The molecule has 1 atom stereocenters. The van der Waals surface area contributed by atoms with Crippen LogP contribution in [0.2, 0.25) is 0 Å². The SMILES string of the molecule is NNC(N)c1ccc(Br)s1. The lowest BCUT2D eigenvalue weighted by atomic mass is 10.4. The number of halogens is 1. The van der Waals surface area contributed by atoms with E-state index in [2.05, 4.69) is 21.4 Å². The van der Waals surface area contributed by atoms with E-state index < -0.39 is 0 Å². The highest BCUT2D eigenvalue weighted by Crippen LogP contribution is 2.24. The normalized spacial score (nSPS) is 13.5. The third-order valence-corrected chi connectivity index (χ3v) is 2.79. The summed E-state index contributed by atoms with van der Waals surface area (Å²) in [6.45, 7) is 0. The summed E-state index contributed by atoms with van der Waals surface area (Å²) < 4.78 is 1.06. The first-order valence-corrected chi connectivity index (χ1v) is 4.32. The van der Waals surface area contributed by atoms with E-state index in [4.69, 9.17) is 11.6 Å². The molecule has 0 bridgehead atoms. The van der Waals surface area contributed by atoms with Gasteiger partial charge in [-0.25, -0.2) is 5.43 Å². The highest BCUT2D eigenvalue weighted by Gasteiger charge is 2.04. The minimum Gasteiger partial charge on any atom is -0.310 e. The lowest BCUT2D eigenvalue weighted by molar-refractivity contribution is 0.586. The molecule has 0 spiro atoms. The number of hydrazine groups is 1. The summed E-state index contributed by atoms with van der Waals surface area (Å²) in [6, 6.07) is 3.87. The van der Waals surface area contributed by atoms with Gasteiger partial charge in [-0.05, 0) is 28.1 Å². The second-order valence-corrected chi connectivity index (χ2v) is 4.28. The van der Waals surface area contributed by atoms with E-state index >= 15 is 0 Å². The smallest absolute Gasteiger partial charge is 0.103 e. The van der Waals surface area contributed by atoms with Gasteiger partial charge in [0.05, 0.1) is 3.79 Å². The summed E-state index contributed by atoms with van der Waals surface area (Å²) in [4.78, 5) is 1.02. The van der Waals surface area contributed by atoms with Crippen LogP contribution in [0, 0.1) is 0 Å². The number of thiophene rings is 1. The van der Waals surface area contributed by atoms with Gasteiger partial charge >= 0.3 is 0 Å². The Hall–Kier alpha value is 0.0600. The van der Waals surface area contributed by atoms with Crippen LogP contribution in [0.25, 0.3) is 0 Å². The van der Waals surface area contributed by atoms with Crippen molar-refractivity contribution in [3.8, 4) is 0 Å². The lowest BCUT2D eigenvalue weighted by Gasteiger charge is -2.05. The molecule has 0 fully saturated rings. The van der Waals surface area contributed by atoms with Crippen LogP contribution in [0.5, 0.6) is 0 Å². The first-order valence-electron chi connectivity index (χ1n) is 2.71. The predicted molar refractivity (Wildman–Crippen MR) is 46.3 cm³/mol. The predicted octanol–water partition coefficient (Wildman–Crippen LogP) is 0.931. The summed E-state index contributed by atoms with van der Waals surface area (Å²) in [5.74, 6) is 5.13. The molecule has 0 radical (unpaired) electrons. The molecule has 1 unspecified atom stereocenters. The van der Waals surface area contributed by atoms with E-state index in [-0.39, 0.29) is 6.17 Å². The third-order valence-electron chi connectivity index (χ3n) is 1.08. The molecule has 0 aromatic carbocycles. The first-order chi connectivity index (χ1) is 4.74. The average molecular weight is 222 g/mol. The van der Waals surface area contributed by atoms with Gasteiger partial charge in [0.2, 0.25) is 0 Å². The number of hydrogen-bond donors (Lipinski definition) is 3. The second-order valence-electron chi connectivity index (χ2n) is 1.79. The zero-order valence-electron chi connectivity index (χ0n) is 5.17. The molecular formula is C5H8BrN3S. The number of nitrogens with one attached hydrogen (secondary N) is 1. The number of nitrogens with two attached hydrogens (primary N) is 2. The Balaban J connectivity index is 2.74. The van der Waals surface area contributed by atoms with E-state index in [0.29, 0.717) is 0 Å². The van der Waals surface area contributed by atoms with E-state index in [1.165, 1.54) is 0 Å². The van der Waals surface area contributed by atoms with Crippen molar-refractivity contribution in [1.29, 1.82) is 0 Å². The summed E-state index contributed by atoms with van der Waals surface area (Å²) in [7, 11) is 0. The fourth-order valence-corrected chi connectivity index (χ4v) is 1.96. The topological polar surface area (TPSA) is 64.1 Å². The highest BCUT2D eigenvalue weighted by atomic mass is 79.9. The van der Waals surface area contributed by atoms with Crippen LogP contribution < -0.4 is 17.0 Å². The van der Waals surface area contributed by atoms with Crippen molar-refractivity contribution in [2.75, 3.05) is 0 Å². The molecule has 0 amide bonds. The van der Waals surface area contributed by atoms with Crippen LogP contribution in [0.3, 0.4) is 0 Å². The zero-order valence-corrected chi connectivity index (χ0v) is 7.58. The van der Waals surface area contributed by atoms with Crippen molar-refractivity contribution in [2.24, 2.45) is 11.6 Å². The van der Waals surface area contributed by atoms with E-state index in [0.717, 1.165) is 8.66 Å². The quantitative estimate of drug-likeness (QED) is 0.396. The monoisotopic (exact) mass is 221 g/mol. The molecule has 5 N–H and O–H groups in total. The van der Waals surface area contributed by atoms with Gasteiger partial charge in [-0.15, -0.1) is 11.3 Å². The summed E-state index contributed by atoms with van der Waals surface area (Å²) in [6.07, 6.45) is -0.253. The van der Waals surface area contributed by atoms with Crippen molar-refractivity contribution in [1.82, 2.24) is 5.43 Å². The summed E-state index contributed by atoms with van der Waals surface area (Å²) >= 11 is 4.89. The highest BCUT2D eigenvalue weighted by molar-refractivity contribution is 9.11. The Labute approximate surface area is 71.5 Å². The van der Waals surface area contributed by atoms with Gasteiger partial charge in [0.25, 0.3) is 0 Å². The molecule has 0 aliphatic carbocycles. The van der Waals surface area contributed by atoms with Crippen molar-refractivity contribution in [3.05, 3.63) is 20.8 Å². The van der Waals surface area contributed by atoms with Gasteiger partial charge in [-0.2, -0.15) is 0 Å². The van der Waals surface area contributed by atoms with Crippen molar-refractivity contribution < 1.29 is 0 Å². The Morgan fingerprint density at radius 1 is 1.60 bits per heavy atom. The fourth-order valence-electron chi connectivity index (χ4n) is 0.578. The molecular weight excluding hydrogens is 214 g/mol. The van der Waals surface area contributed by atoms with Crippen molar-refractivity contribution in [2.45, 2.75) is 6.17 Å². The Kier molecular flexibility index (Phi) is 2.82. The third kappa shape index (κ3) is 1.77.